The molecule has 2 atom stereocenters. The van der Waals surface area contributed by atoms with E-state index >= 15 is 0 Å². The first kappa shape index (κ1) is 14.9. The molecule has 20 heavy (non-hydrogen) atoms. The Morgan fingerprint density at radius 3 is 2.60 bits per heavy atom. The van der Waals surface area contributed by atoms with Crippen LogP contribution in [0, 0.1) is 5.92 Å². The van der Waals surface area contributed by atoms with Gasteiger partial charge in [-0.05, 0) is 25.0 Å². The van der Waals surface area contributed by atoms with Gasteiger partial charge in [0.25, 0.3) is 0 Å². The first-order valence-electron chi connectivity index (χ1n) is 6.87. The lowest BCUT2D eigenvalue weighted by molar-refractivity contribution is -0.144. The normalized spacial score (nSPS) is 22.2. The second-order valence-corrected chi connectivity index (χ2v) is 6.05. The van der Waals surface area contributed by atoms with Crippen molar-refractivity contribution in [1.29, 1.82) is 0 Å². The first-order valence-corrected chi connectivity index (χ1v) is 7.85. The smallest absolute Gasteiger partial charge is 0.308 e. The Morgan fingerprint density at radius 1 is 1.20 bits per heavy atom. The van der Waals surface area contributed by atoms with Gasteiger partial charge in [-0.25, -0.2) is 0 Å². The maximum Gasteiger partial charge on any atom is 0.308 e. The summed E-state index contributed by atoms with van der Waals surface area (Å²) in [5, 5.41) is 12.1. The molecule has 5 heteroatoms. The van der Waals surface area contributed by atoms with Gasteiger partial charge in [0.05, 0.1) is 11.7 Å². The van der Waals surface area contributed by atoms with Crippen LogP contribution in [0.4, 0.5) is 0 Å². The largest absolute Gasteiger partial charge is 0.481 e. The fraction of sp³-hybridized carbons (Fsp3) is 0.467. The van der Waals surface area contributed by atoms with Crippen molar-refractivity contribution in [2.75, 3.05) is 5.75 Å². The molecule has 0 aromatic heterocycles. The Hall–Kier alpha value is -1.49. The van der Waals surface area contributed by atoms with Crippen molar-refractivity contribution in [3.8, 4) is 0 Å². The molecule has 1 aromatic rings. The van der Waals surface area contributed by atoms with Gasteiger partial charge in [-0.15, -0.1) is 11.8 Å². The highest BCUT2D eigenvalue weighted by Gasteiger charge is 2.31. The molecule has 0 radical (unpaired) electrons. The van der Waals surface area contributed by atoms with E-state index in [1.807, 2.05) is 30.3 Å². The molecule has 0 bridgehead atoms. The summed E-state index contributed by atoms with van der Waals surface area (Å²) in [6, 6.07) is 9.50. The molecule has 1 aliphatic rings. The van der Waals surface area contributed by atoms with Crippen molar-refractivity contribution in [3.05, 3.63) is 30.3 Å². The zero-order valence-corrected chi connectivity index (χ0v) is 12.1. The number of amides is 1. The molecular weight excluding hydrogens is 274 g/mol. The molecule has 1 aromatic carbocycles. The van der Waals surface area contributed by atoms with E-state index in [0.29, 0.717) is 12.2 Å². The topological polar surface area (TPSA) is 66.4 Å². The third-order valence-electron chi connectivity index (χ3n) is 3.54. The predicted octanol–water partition coefficient (Wildman–Crippen LogP) is 2.54. The Kier molecular flexibility index (Phi) is 5.47. The summed E-state index contributed by atoms with van der Waals surface area (Å²) in [5.74, 6) is -0.996. The molecule has 2 rings (SSSR count). The lowest BCUT2D eigenvalue weighted by Gasteiger charge is -2.29. The molecule has 0 heterocycles. The summed E-state index contributed by atoms with van der Waals surface area (Å²) in [4.78, 5) is 24.1. The Bertz CT molecular complexity index is 463. The molecule has 1 amide bonds. The van der Waals surface area contributed by atoms with Crippen molar-refractivity contribution >= 4 is 23.6 Å². The maximum absolute atomic E-state index is 11.9. The predicted molar refractivity (Wildman–Crippen MR) is 78.7 cm³/mol. The van der Waals surface area contributed by atoms with Gasteiger partial charge in [0, 0.05) is 10.9 Å². The second-order valence-electron chi connectivity index (χ2n) is 5.00. The van der Waals surface area contributed by atoms with E-state index in [4.69, 9.17) is 0 Å². The van der Waals surface area contributed by atoms with Crippen molar-refractivity contribution in [3.63, 3.8) is 0 Å². The van der Waals surface area contributed by atoms with Crippen molar-refractivity contribution in [2.45, 2.75) is 36.6 Å². The van der Waals surface area contributed by atoms with Gasteiger partial charge < -0.3 is 10.4 Å². The molecule has 2 unspecified atom stereocenters. The first-order chi connectivity index (χ1) is 9.66. The van der Waals surface area contributed by atoms with Gasteiger partial charge in [-0.3, -0.25) is 9.59 Å². The van der Waals surface area contributed by atoms with Crippen molar-refractivity contribution < 1.29 is 14.7 Å². The summed E-state index contributed by atoms with van der Waals surface area (Å²) >= 11 is 1.47. The van der Waals surface area contributed by atoms with E-state index in [9.17, 15) is 14.7 Å². The average Bonchev–Trinajstić information content (AvgIpc) is 2.46. The van der Waals surface area contributed by atoms with Crippen LogP contribution in [-0.2, 0) is 9.59 Å². The maximum atomic E-state index is 11.9. The molecule has 4 nitrogen and oxygen atoms in total. The summed E-state index contributed by atoms with van der Waals surface area (Å²) in [6.45, 7) is 0. The zero-order valence-electron chi connectivity index (χ0n) is 11.2. The van der Waals surface area contributed by atoms with E-state index in [0.717, 1.165) is 24.2 Å². The third-order valence-corrected chi connectivity index (χ3v) is 4.55. The average molecular weight is 293 g/mol. The highest BCUT2D eigenvalue weighted by atomic mass is 32.2. The van der Waals surface area contributed by atoms with Crippen LogP contribution >= 0.6 is 11.8 Å². The lowest BCUT2D eigenvalue weighted by Crippen LogP contribution is -2.45. The number of rotatable bonds is 5. The Balaban J connectivity index is 1.82. The van der Waals surface area contributed by atoms with Crippen LogP contribution in [0.15, 0.2) is 35.2 Å². The second kappa shape index (κ2) is 7.33. The van der Waals surface area contributed by atoms with E-state index in [2.05, 4.69) is 5.32 Å². The monoisotopic (exact) mass is 293 g/mol. The molecule has 1 fully saturated rings. The van der Waals surface area contributed by atoms with Gasteiger partial charge in [-0.2, -0.15) is 0 Å². The molecule has 1 saturated carbocycles. The minimum atomic E-state index is -0.800. The minimum absolute atomic E-state index is 0.0861. The summed E-state index contributed by atoms with van der Waals surface area (Å²) in [6.07, 6.45) is 3.34. The Morgan fingerprint density at radius 2 is 1.90 bits per heavy atom. The molecular formula is C15H19NO3S. The van der Waals surface area contributed by atoms with E-state index in [1.54, 1.807) is 0 Å². The molecule has 0 saturated heterocycles. The number of aliphatic carboxylic acids is 1. The third kappa shape index (κ3) is 4.27. The van der Waals surface area contributed by atoms with Crippen LogP contribution in [0.25, 0.3) is 0 Å². The summed E-state index contributed by atoms with van der Waals surface area (Å²) < 4.78 is 0. The van der Waals surface area contributed by atoms with Gasteiger partial charge in [0.2, 0.25) is 5.91 Å². The van der Waals surface area contributed by atoms with Gasteiger partial charge in [-0.1, -0.05) is 31.0 Å². The van der Waals surface area contributed by atoms with Gasteiger partial charge in [0.1, 0.15) is 0 Å². The van der Waals surface area contributed by atoms with Crippen LogP contribution in [0.1, 0.15) is 25.7 Å². The van der Waals surface area contributed by atoms with Crippen molar-refractivity contribution in [1.82, 2.24) is 5.32 Å². The number of carbonyl (C=O) groups excluding carboxylic acids is 1. The van der Waals surface area contributed by atoms with Crippen LogP contribution < -0.4 is 5.32 Å². The SMILES string of the molecule is O=C(CSc1ccccc1)NC1CCCCC1C(=O)O. The highest BCUT2D eigenvalue weighted by molar-refractivity contribution is 8.00. The van der Waals surface area contributed by atoms with Crippen LogP contribution in [0.5, 0.6) is 0 Å². The summed E-state index contributed by atoms with van der Waals surface area (Å²) in [5.41, 5.74) is 0. The molecule has 108 valence electrons. The van der Waals surface area contributed by atoms with E-state index in [1.165, 1.54) is 11.8 Å². The molecule has 0 spiro atoms. The number of carbonyl (C=O) groups is 2. The molecule has 1 aliphatic carbocycles. The van der Waals surface area contributed by atoms with Crippen LogP contribution in [0.3, 0.4) is 0 Å². The molecule has 0 aliphatic heterocycles. The fourth-order valence-electron chi connectivity index (χ4n) is 2.51. The minimum Gasteiger partial charge on any atom is -0.481 e. The van der Waals surface area contributed by atoms with Crippen LogP contribution in [0.2, 0.25) is 0 Å². The molecule has 2 N–H and O–H groups in total. The number of carboxylic acids is 1. The van der Waals surface area contributed by atoms with Gasteiger partial charge in [0.15, 0.2) is 0 Å². The number of benzene rings is 1. The Labute approximate surface area is 123 Å². The number of hydrogen-bond donors (Lipinski definition) is 2. The number of hydrogen-bond acceptors (Lipinski definition) is 3. The van der Waals surface area contributed by atoms with Crippen molar-refractivity contribution in [2.24, 2.45) is 5.92 Å². The standard InChI is InChI=1S/C15H19NO3S/c17-14(10-20-11-6-2-1-3-7-11)16-13-9-5-4-8-12(13)15(18)19/h1-3,6-7,12-13H,4-5,8-10H2,(H,16,17)(H,18,19). The summed E-state index contributed by atoms with van der Waals surface area (Å²) in [7, 11) is 0. The highest BCUT2D eigenvalue weighted by Crippen LogP contribution is 2.25. The fourth-order valence-corrected chi connectivity index (χ4v) is 3.24. The van der Waals surface area contributed by atoms with Crippen LogP contribution in [-0.4, -0.2) is 28.8 Å². The number of nitrogens with one attached hydrogen (secondary N) is 1. The van der Waals surface area contributed by atoms with Gasteiger partial charge >= 0.3 is 5.97 Å². The number of carboxylic acid groups (broad SMARTS) is 1. The zero-order chi connectivity index (χ0) is 14.4. The van der Waals surface area contributed by atoms with E-state index < -0.39 is 11.9 Å². The quantitative estimate of drug-likeness (QED) is 0.819. The van der Waals surface area contributed by atoms with E-state index in [-0.39, 0.29) is 11.9 Å². The lowest BCUT2D eigenvalue weighted by atomic mass is 9.84. The number of thioether (sulfide) groups is 1.